The number of hydroxylamine groups is 2. The molecule has 1 saturated heterocycles. The zero-order valence-electron chi connectivity index (χ0n) is 14.4. The Morgan fingerprint density at radius 1 is 1.25 bits per heavy atom. The second kappa shape index (κ2) is 7.00. The van der Waals surface area contributed by atoms with Gasteiger partial charge in [0.05, 0.1) is 27.1 Å². The first-order valence-corrected chi connectivity index (χ1v) is 10.0. The highest BCUT2D eigenvalue weighted by molar-refractivity contribution is 7.85. The lowest BCUT2D eigenvalue weighted by atomic mass is 9.73. The van der Waals surface area contributed by atoms with Gasteiger partial charge in [0.25, 0.3) is 10.1 Å². The van der Waals surface area contributed by atoms with Gasteiger partial charge in [-0.3, -0.25) is 4.18 Å². The minimum atomic E-state index is -3.42. The Kier molecular flexibility index (Phi) is 5.15. The molecular weight excluding hydrogens is 330 g/mol. The lowest BCUT2D eigenvalue weighted by Gasteiger charge is -2.46. The van der Waals surface area contributed by atoms with Gasteiger partial charge in [-0.15, -0.1) is 0 Å². The van der Waals surface area contributed by atoms with Crippen LogP contribution in [0.2, 0.25) is 0 Å². The van der Waals surface area contributed by atoms with Gasteiger partial charge in [0.15, 0.2) is 0 Å². The van der Waals surface area contributed by atoms with Crippen LogP contribution in [0.3, 0.4) is 0 Å². The molecule has 1 aromatic rings. The number of hydrogen-bond donors (Lipinski definition) is 0. The molecule has 6 nitrogen and oxygen atoms in total. The van der Waals surface area contributed by atoms with E-state index in [0.717, 1.165) is 31.3 Å². The number of hydrogen-bond acceptors (Lipinski definition) is 6. The summed E-state index contributed by atoms with van der Waals surface area (Å²) in [6.07, 6.45) is 3.86. The monoisotopic (exact) mass is 355 g/mol. The predicted molar refractivity (Wildman–Crippen MR) is 90.3 cm³/mol. The first-order valence-electron chi connectivity index (χ1n) is 8.21. The van der Waals surface area contributed by atoms with Crippen LogP contribution in [0, 0.1) is 11.8 Å². The maximum atomic E-state index is 11.3. The smallest absolute Gasteiger partial charge is 0.264 e. The van der Waals surface area contributed by atoms with Crippen LogP contribution in [-0.4, -0.2) is 53.1 Å². The summed E-state index contributed by atoms with van der Waals surface area (Å²) in [6, 6.07) is 6.49. The zero-order valence-corrected chi connectivity index (χ0v) is 15.2. The molecule has 0 amide bonds. The SMILES string of the molecule is COc1cccc2c1C[C@@H]1C[C@H](COS(C)(=O)=O)CN(OC)[C@H]1C2. The summed E-state index contributed by atoms with van der Waals surface area (Å²) in [5, 5.41) is 1.99. The molecule has 0 radical (unpaired) electrons. The molecule has 1 aliphatic heterocycles. The molecule has 0 saturated carbocycles. The van der Waals surface area contributed by atoms with E-state index in [4.69, 9.17) is 13.8 Å². The first-order chi connectivity index (χ1) is 11.4. The molecule has 24 heavy (non-hydrogen) atoms. The third-order valence-corrected chi connectivity index (χ3v) is 5.65. The van der Waals surface area contributed by atoms with E-state index in [0.29, 0.717) is 18.5 Å². The number of ether oxygens (including phenoxy) is 1. The highest BCUT2D eigenvalue weighted by Gasteiger charge is 2.40. The van der Waals surface area contributed by atoms with E-state index in [9.17, 15) is 8.42 Å². The molecule has 7 heteroatoms. The van der Waals surface area contributed by atoms with E-state index in [2.05, 4.69) is 6.07 Å². The number of rotatable bonds is 5. The van der Waals surface area contributed by atoms with Crippen LogP contribution < -0.4 is 4.74 Å². The molecule has 2 aliphatic rings. The predicted octanol–water partition coefficient (Wildman–Crippen LogP) is 1.64. The van der Waals surface area contributed by atoms with Gasteiger partial charge >= 0.3 is 0 Å². The van der Waals surface area contributed by atoms with Crippen molar-refractivity contribution in [1.29, 1.82) is 0 Å². The quantitative estimate of drug-likeness (QED) is 0.748. The zero-order chi connectivity index (χ0) is 17.3. The van der Waals surface area contributed by atoms with Crippen LogP contribution in [-0.2, 0) is 32.0 Å². The van der Waals surface area contributed by atoms with Crippen LogP contribution in [0.25, 0.3) is 0 Å². The average molecular weight is 355 g/mol. The van der Waals surface area contributed by atoms with Crippen molar-refractivity contribution in [3.63, 3.8) is 0 Å². The average Bonchev–Trinajstić information content (AvgIpc) is 2.56. The molecule has 0 aromatic heterocycles. The van der Waals surface area contributed by atoms with Crippen molar-refractivity contribution in [2.75, 3.05) is 33.6 Å². The Balaban J connectivity index is 1.79. The van der Waals surface area contributed by atoms with Crippen LogP contribution in [0.5, 0.6) is 5.75 Å². The summed E-state index contributed by atoms with van der Waals surface area (Å²) in [4.78, 5) is 5.59. The fourth-order valence-electron chi connectivity index (χ4n) is 4.04. The largest absolute Gasteiger partial charge is 0.496 e. The van der Waals surface area contributed by atoms with Crippen LogP contribution in [0.4, 0.5) is 0 Å². The molecule has 0 unspecified atom stereocenters. The number of benzene rings is 1. The van der Waals surface area contributed by atoms with E-state index in [1.807, 2.05) is 17.2 Å². The fourth-order valence-corrected chi connectivity index (χ4v) is 4.48. The molecule has 1 aromatic carbocycles. The maximum Gasteiger partial charge on any atom is 0.264 e. The molecule has 1 aliphatic carbocycles. The highest BCUT2D eigenvalue weighted by atomic mass is 32.2. The summed E-state index contributed by atoms with van der Waals surface area (Å²) in [5.74, 6) is 1.47. The van der Waals surface area contributed by atoms with Crippen molar-refractivity contribution >= 4 is 10.1 Å². The standard InChI is InChI=1S/C17H25NO5S/c1-21-17-6-4-5-13-9-16-14(8-15(13)17)7-12(10-18(16)22-2)11-23-24(3,19)20/h4-6,12,14,16H,7-11H2,1-3H3/t12-,14-,16-/m0/s1. The van der Waals surface area contributed by atoms with Crippen LogP contribution in [0.1, 0.15) is 17.5 Å². The van der Waals surface area contributed by atoms with Crippen molar-refractivity contribution < 1.29 is 22.2 Å². The Morgan fingerprint density at radius 2 is 2.04 bits per heavy atom. The summed E-state index contributed by atoms with van der Waals surface area (Å²) < 4.78 is 33.1. The van der Waals surface area contributed by atoms with Gasteiger partial charge in [0.1, 0.15) is 5.75 Å². The van der Waals surface area contributed by atoms with Gasteiger partial charge in [-0.1, -0.05) is 12.1 Å². The highest BCUT2D eigenvalue weighted by Crippen LogP contribution is 2.40. The molecule has 0 spiro atoms. The first kappa shape index (κ1) is 17.7. The van der Waals surface area contributed by atoms with Gasteiger partial charge in [-0.25, -0.2) is 0 Å². The molecule has 1 fully saturated rings. The summed E-state index contributed by atoms with van der Waals surface area (Å²) in [7, 11) is -0.0360. The van der Waals surface area contributed by atoms with E-state index < -0.39 is 10.1 Å². The summed E-state index contributed by atoms with van der Waals surface area (Å²) in [6.45, 7) is 0.896. The Bertz CT molecular complexity index is 690. The molecule has 0 bridgehead atoms. The maximum absolute atomic E-state index is 11.3. The number of fused-ring (bicyclic) bond motifs is 2. The van der Waals surface area contributed by atoms with Gasteiger partial charge < -0.3 is 9.57 Å². The van der Waals surface area contributed by atoms with E-state index in [1.54, 1.807) is 14.2 Å². The number of nitrogens with zero attached hydrogens (tertiary/aromatic N) is 1. The Morgan fingerprint density at radius 3 is 2.71 bits per heavy atom. The minimum Gasteiger partial charge on any atom is -0.496 e. The molecule has 3 atom stereocenters. The number of methoxy groups -OCH3 is 1. The Labute approximate surface area is 143 Å². The molecular formula is C17H25NO5S. The topological polar surface area (TPSA) is 65.1 Å². The third-order valence-electron chi connectivity index (χ3n) is 5.09. The van der Waals surface area contributed by atoms with Crippen LogP contribution in [0.15, 0.2) is 18.2 Å². The fraction of sp³-hybridized carbons (Fsp3) is 0.647. The van der Waals surface area contributed by atoms with Crippen molar-refractivity contribution in [3.8, 4) is 5.75 Å². The second-order valence-corrected chi connectivity index (χ2v) is 8.35. The van der Waals surface area contributed by atoms with Crippen molar-refractivity contribution in [1.82, 2.24) is 5.06 Å². The minimum absolute atomic E-state index is 0.136. The summed E-state index contributed by atoms with van der Waals surface area (Å²) in [5.41, 5.74) is 2.57. The van der Waals surface area contributed by atoms with Crippen molar-refractivity contribution in [2.45, 2.75) is 25.3 Å². The van der Waals surface area contributed by atoms with Gasteiger partial charge in [-0.05, 0) is 48.3 Å². The van der Waals surface area contributed by atoms with E-state index in [1.165, 1.54) is 11.1 Å². The van der Waals surface area contributed by atoms with Crippen molar-refractivity contribution in [3.05, 3.63) is 29.3 Å². The molecule has 3 rings (SSSR count). The molecule has 0 N–H and O–H groups in total. The van der Waals surface area contributed by atoms with Gasteiger partial charge in [0, 0.05) is 12.6 Å². The summed E-state index contributed by atoms with van der Waals surface area (Å²) >= 11 is 0. The lowest BCUT2D eigenvalue weighted by Crippen LogP contribution is -2.52. The van der Waals surface area contributed by atoms with Gasteiger partial charge in [-0.2, -0.15) is 13.5 Å². The molecule has 1 heterocycles. The van der Waals surface area contributed by atoms with Crippen molar-refractivity contribution in [2.24, 2.45) is 11.8 Å². The lowest BCUT2D eigenvalue weighted by molar-refractivity contribution is -0.203. The normalized spacial score (nSPS) is 27.4. The number of piperidine rings is 1. The Hall–Kier alpha value is -1.15. The third kappa shape index (κ3) is 3.74. The van der Waals surface area contributed by atoms with E-state index >= 15 is 0 Å². The molecule has 134 valence electrons. The van der Waals surface area contributed by atoms with E-state index in [-0.39, 0.29) is 12.5 Å². The van der Waals surface area contributed by atoms with Crippen LogP contribution >= 0.6 is 0 Å². The second-order valence-electron chi connectivity index (χ2n) is 6.71. The van der Waals surface area contributed by atoms with Gasteiger partial charge in [0.2, 0.25) is 0 Å².